The van der Waals surface area contributed by atoms with Crippen molar-refractivity contribution in [3.8, 4) is 0 Å². The van der Waals surface area contributed by atoms with Crippen molar-refractivity contribution in [1.82, 2.24) is 5.32 Å². The van der Waals surface area contributed by atoms with Crippen LogP contribution < -0.4 is 5.32 Å². The molecule has 364 valence electrons. The highest BCUT2D eigenvalue weighted by Gasteiger charge is 2.17. The Labute approximate surface area is 397 Å². The molecule has 0 bridgehead atoms. The van der Waals surface area contributed by atoms with Gasteiger partial charge in [0.2, 0.25) is 5.91 Å². The molecular weight excluding hydrogens is 783 g/mol. The van der Waals surface area contributed by atoms with E-state index in [-0.39, 0.29) is 12.5 Å². The van der Waals surface area contributed by atoms with Gasteiger partial charge in [-0.15, -0.1) is 0 Å². The van der Waals surface area contributed by atoms with E-state index in [1.807, 2.05) is 6.08 Å². The Morgan fingerprint density at radius 1 is 0.391 bits per heavy atom. The van der Waals surface area contributed by atoms with E-state index < -0.39 is 12.1 Å². The van der Waals surface area contributed by atoms with Gasteiger partial charge in [0.05, 0.1) is 18.8 Å². The minimum absolute atomic E-state index is 0.125. The number of unbranched alkanes of at least 4 members (excludes halogenated alkanes) is 22. The minimum Gasteiger partial charge on any atom is -0.394 e. The van der Waals surface area contributed by atoms with Gasteiger partial charge < -0.3 is 15.5 Å². The lowest BCUT2D eigenvalue weighted by atomic mass is 10.0. The molecule has 0 saturated carbocycles. The Bertz CT molecular complexity index is 1280. The highest BCUT2D eigenvalue weighted by Crippen LogP contribution is 2.15. The maximum Gasteiger partial charge on any atom is 0.220 e. The Morgan fingerprint density at radius 2 is 0.688 bits per heavy atom. The molecule has 0 heterocycles. The molecular formula is C60H101NO3. The minimum atomic E-state index is -0.873. The quantitative estimate of drug-likeness (QED) is 0.0421. The Balaban J connectivity index is 3.71. The third-order valence-electron chi connectivity index (χ3n) is 11.5. The zero-order valence-corrected chi connectivity index (χ0v) is 41.8. The van der Waals surface area contributed by atoms with Crippen LogP contribution in [0.2, 0.25) is 0 Å². The molecule has 4 heteroatoms. The smallest absolute Gasteiger partial charge is 0.220 e. The lowest BCUT2D eigenvalue weighted by molar-refractivity contribution is -0.122. The predicted molar refractivity (Wildman–Crippen MR) is 285 cm³/mol. The van der Waals surface area contributed by atoms with Gasteiger partial charge in [-0.25, -0.2) is 0 Å². The SMILES string of the molecule is CC/C=C\C/C=C\C/C=C\C/C=C\C/C=C\C/C=C\C/C=C\C/C=C\C/C=C\CCCC(=O)NC(CO)C(O)/C=C/CCCCCCCCCCCCCCCCCCCCCCC. The molecule has 0 aromatic rings. The molecule has 0 rings (SSSR count). The van der Waals surface area contributed by atoms with Crippen LogP contribution in [0.15, 0.2) is 122 Å². The van der Waals surface area contributed by atoms with Crippen molar-refractivity contribution in [3.05, 3.63) is 122 Å². The van der Waals surface area contributed by atoms with Gasteiger partial charge in [0.25, 0.3) is 0 Å². The molecule has 4 nitrogen and oxygen atoms in total. The van der Waals surface area contributed by atoms with Gasteiger partial charge >= 0.3 is 0 Å². The normalized spacial score (nSPS) is 13.9. The number of hydrogen-bond donors (Lipinski definition) is 3. The summed E-state index contributed by atoms with van der Waals surface area (Å²) in [5.74, 6) is -0.125. The van der Waals surface area contributed by atoms with Crippen LogP contribution in [-0.2, 0) is 4.79 Å². The molecule has 0 aliphatic rings. The maximum absolute atomic E-state index is 12.4. The molecule has 0 aliphatic heterocycles. The number of carbonyl (C=O) groups excluding carboxylic acids is 1. The van der Waals surface area contributed by atoms with Gasteiger partial charge in [-0.1, -0.05) is 264 Å². The number of aliphatic hydroxyl groups is 2. The van der Waals surface area contributed by atoms with Crippen molar-refractivity contribution < 1.29 is 15.0 Å². The lowest BCUT2D eigenvalue weighted by Gasteiger charge is -2.19. The second kappa shape index (κ2) is 54.1. The van der Waals surface area contributed by atoms with Gasteiger partial charge in [0.1, 0.15) is 0 Å². The Morgan fingerprint density at radius 3 is 1.02 bits per heavy atom. The van der Waals surface area contributed by atoms with Crippen LogP contribution in [-0.4, -0.2) is 34.9 Å². The number of nitrogens with one attached hydrogen (secondary N) is 1. The number of allylic oxidation sites excluding steroid dienone is 19. The van der Waals surface area contributed by atoms with Gasteiger partial charge in [-0.3, -0.25) is 4.79 Å². The van der Waals surface area contributed by atoms with Crippen LogP contribution in [0.4, 0.5) is 0 Å². The fourth-order valence-electron chi connectivity index (χ4n) is 7.42. The fraction of sp³-hybridized carbons (Fsp3) is 0.650. The van der Waals surface area contributed by atoms with E-state index in [1.165, 1.54) is 128 Å². The van der Waals surface area contributed by atoms with E-state index >= 15 is 0 Å². The number of hydrogen-bond acceptors (Lipinski definition) is 3. The summed E-state index contributed by atoms with van der Waals surface area (Å²) in [6.07, 6.45) is 83.4. The Kier molecular flexibility index (Phi) is 51.4. The first-order valence-electron chi connectivity index (χ1n) is 26.7. The fourth-order valence-corrected chi connectivity index (χ4v) is 7.42. The third kappa shape index (κ3) is 49.8. The highest BCUT2D eigenvalue weighted by molar-refractivity contribution is 5.76. The summed E-state index contributed by atoms with van der Waals surface area (Å²) in [6, 6.07) is -0.663. The van der Waals surface area contributed by atoms with E-state index in [2.05, 4.69) is 129 Å². The van der Waals surface area contributed by atoms with Crippen LogP contribution in [0.1, 0.15) is 232 Å². The van der Waals surface area contributed by atoms with Crippen molar-refractivity contribution in [3.63, 3.8) is 0 Å². The number of amides is 1. The summed E-state index contributed by atoms with van der Waals surface area (Å²) in [5, 5.41) is 23.1. The van der Waals surface area contributed by atoms with E-state index in [9.17, 15) is 15.0 Å². The molecule has 0 spiro atoms. The molecule has 2 atom stereocenters. The number of rotatable bonds is 47. The van der Waals surface area contributed by atoms with E-state index in [0.717, 1.165) is 83.5 Å². The summed E-state index contributed by atoms with van der Waals surface area (Å²) >= 11 is 0. The Hall–Kier alpha value is -3.21. The molecule has 2 unspecified atom stereocenters. The summed E-state index contributed by atoms with van der Waals surface area (Å²) in [5.41, 5.74) is 0. The van der Waals surface area contributed by atoms with E-state index in [4.69, 9.17) is 0 Å². The monoisotopic (exact) mass is 884 g/mol. The zero-order valence-electron chi connectivity index (χ0n) is 41.8. The van der Waals surface area contributed by atoms with Crippen molar-refractivity contribution in [2.24, 2.45) is 0 Å². The van der Waals surface area contributed by atoms with Crippen LogP contribution in [0.25, 0.3) is 0 Å². The van der Waals surface area contributed by atoms with Gasteiger partial charge in [0.15, 0.2) is 0 Å². The van der Waals surface area contributed by atoms with Gasteiger partial charge in [-0.05, 0) is 83.5 Å². The van der Waals surface area contributed by atoms with Gasteiger partial charge in [-0.2, -0.15) is 0 Å². The topological polar surface area (TPSA) is 69.6 Å². The molecule has 64 heavy (non-hydrogen) atoms. The maximum atomic E-state index is 12.4. The van der Waals surface area contributed by atoms with Crippen LogP contribution >= 0.6 is 0 Å². The van der Waals surface area contributed by atoms with Crippen molar-refractivity contribution in [2.45, 2.75) is 244 Å². The third-order valence-corrected chi connectivity index (χ3v) is 11.5. The molecule has 0 aromatic carbocycles. The summed E-state index contributed by atoms with van der Waals surface area (Å²) in [4.78, 5) is 12.4. The van der Waals surface area contributed by atoms with Crippen LogP contribution in [0, 0.1) is 0 Å². The molecule has 0 saturated heterocycles. The van der Waals surface area contributed by atoms with E-state index in [1.54, 1.807) is 6.08 Å². The summed E-state index contributed by atoms with van der Waals surface area (Å²) < 4.78 is 0. The van der Waals surface area contributed by atoms with Crippen molar-refractivity contribution in [1.29, 1.82) is 0 Å². The number of carbonyl (C=O) groups is 1. The summed E-state index contributed by atoms with van der Waals surface area (Å²) in [7, 11) is 0. The molecule has 3 N–H and O–H groups in total. The molecule has 0 fully saturated rings. The molecule has 1 amide bonds. The van der Waals surface area contributed by atoms with Crippen molar-refractivity contribution in [2.75, 3.05) is 6.61 Å². The van der Waals surface area contributed by atoms with Crippen LogP contribution in [0.5, 0.6) is 0 Å². The predicted octanol–water partition coefficient (Wildman–Crippen LogP) is 17.7. The standard InChI is InChI=1S/C60H101NO3/c1-3-5-7-9-11-13-15-17-19-21-23-25-27-28-29-30-31-32-34-36-38-40-42-44-46-48-50-52-54-56-60(64)61-58(57-62)59(63)55-53-51-49-47-45-43-41-39-37-35-33-26-24-22-20-18-16-14-12-10-8-6-4-2/h5,7,11,13,17,19,23,25,28-29,31-32,36,38,42,44,48,50,53,55,58-59,62-63H,3-4,6,8-10,12,14-16,18,20-22,24,26-27,30,33-35,37,39-41,43,45-47,49,51-52,54,56-57H2,1-2H3,(H,61,64)/b7-5-,13-11-,19-17-,25-23-,29-28-,32-31-,38-36-,44-42-,50-48-,55-53+. The second-order valence-corrected chi connectivity index (χ2v) is 17.6. The molecule has 0 aliphatic carbocycles. The molecule has 0 radical (unpaired) electrons. The van der Waals surface area contributed by atoms with E-state index in [0.29, 0.717) is 6.42 Å². The summed E-state index contributed by atoms with van der Waals surface area (Å²) in [6.45, 7) is 4.18. The zero-order chi connectivity index (χ0) is 46.3. The average Bonchev–Trinajstić information content (AvgIpc) is 3.30. The van der Waals surface area contributed by atoms with Crippen LogP contribution in [0.3, 0.4) is 0 Å². The first kappa shape index (κ1) is 60.8. The second-order valence-electron chi connectivity index (χ2n) is 17.6. The first-order valence-corrected chi connectivity index (χ1v) is 26.7. The molecule has 0 aromatic heterocycles. The largest absolute Gasteiger partial charge is 0.394 e. The number of aliphatic hydroxyl groups excluding tert-OH is 2. The van der Waals surface area contributed by atoms with Gasteiger partial charge in [0, 0.05) is 6.42 Å². The van der Waals surface area contributed by atoms with Crippen molar-refractivity contribution >= 4 is 5.91 Å². The highest BCUT2D eigenvalue weighted by atomic mass is 16.3. The lowest BCUT2D eigenvalue weighted by Crippen LogP contribution is -2.45. The first-order chi connectivity index (χ1) is 31.7. The average molecular weight is 884 g/mol.